The van der Waals surface area contributed by atoms with Gasteiger partial charge in [-0.15, -0.1) is 0 Å². The molecule has 1 aliphatic heterocycles. The Bertz CT molecular complexity index is 161. The highest BCUT2D eigenvalue weighted by Gasteiger charge is 2.26. The average molecular weight is 172 g/mol. The summed E-state index contributed by atoms with van der Waals surface area (Å²) in [6.45, 7) is 6.54. The van der Waals surface area contributed by atoms with E-state index in [1.54, 1.807) is 4.90 Å². The van der Waals surface area contributed by atoms with E-state index in [9.17, 15) is 4.79 Å². The van der Waals surface area contributed by atoms with Crippen molar-refractivity contribution < 1.29 is 9.53 Å². The Hall–Kier alpha value is -0.610. The van der Waals surface area contributed by atoms with E-state index in [2.05, 4.69) is 5.32 Å². The summed E-state index contributed by atoms with van der Waals surface area (Å²) in [4.78, 5) is 13.1. The molecule has 1 N–H and O–H groups in total. The van der Waals surface area contributed by atoms with E-state index in [0.717, 1.165) is 0 Å². The number of rotatable bonds is 4. The van der Waals surface area contributed by atoms with Gasteiger partial charge in [0, 0.05) is 13.2 Å². The standard InChI is InChI=1S/C8H16N2O2/c1-3-12-5-4-10-6-9-7(2)8(10)11/h7,9H,3-6H2,1-2H3. The molecule has 1 rings (SSSR count). The van der Waals surface area contributed by atoms with Gasteiger partial charge in [0.25, 0.3) is 0 Å². The van der Waals surface area contributed by atoms with E-state index in [0.29, 0.717) is 26.4 Å². The first kappa shape index (κ1) is 9.48. The normalized spacial score (nSPS) is 23.7. The molecule has 1 heterocycles. The Morgan fingerprint density at radius 3 is 3.00 bits per heavy atom. The third-order valence-corrected chi connectivity index (χ3v) is 1.98. The van der Waals surface area contributed by atoms with E-state index < -0.39 is 0 Å². The molecule has 70 valence electrons. The minimum atomic E-state index is -0.0216. The molecule has 12 heavy (non-hydrogen) atoms. The van der Waals surface area contributed by atoms with Gasteiger partial charge in [0.05, 0.1) is 19.3 Å². The smallest absolute Gasteiger partial charge is 0.240 e. The van der Waals surface area contributed by atoms with E-state index in [1.165, 1.54) is 0 Å². The van der Waals surface area contributed by atoms with E-state index in [4.69, 9.17) is 4.74 Å². The quantitative estimate of drug-likeness (QED) is 0.597. The first-order valence-electron chi connectivity index (χ1n) is 4.35. The van der Waals surface area contributed by atoms with Crippen molar-refractivity contribution in [1.29, 1.82) is 0 Å². The van der Waals surface area contributed by atoms with Crippen LogP contribution >= 0.6 is 0 Å². The molecule has 0 radical (unpaired) electrons. The lowest BCUT2D eigenvalue weighted by Gasteiger charge is -2.14. The van der Waals surface area contributed by atoms with Crippen LogP contribution in [0.1, 0.15) is 13.8 Å². The van der Waals surface area contributed by atoms with Gasteiger partial charge in [-0.1, -0.05) is 0 Å². The molecule has 0 saturated carbocycles. The highest BCUT2D eigenvalue weighted by Crippen LogP contribution is 2.01. The van der Waals surface area contributed by atoms with Crippen molar-refractivity contribution in [3.63, 3.8) is 0 Å². The second-order valence-corrected chi connectivity index (χ2v) is 2.88. The van der Waals surface area contributed by atoms with Crippen molar-refractivity contribution in [3.8, 4) is 0 Å². The fourth-order valence-electron chi connectivity index (χ4n) is 1.19. The largest absolute Gasteiger partial charge is 0.380 e. The summed E-state index contributed by atoms with van der Waals surface area (Å²) in [5.41, 5.74) is 0. The lowest BCUT2D eigenvalue weighted by Crippen LogP contribution is -2.31. The van der Waals surface area contributed by atoms with Crippen LogP contribution in [0.15, 0.2) is 0 Å². The first-order chi connectivity index (χ1) is 5.75. The molecule has 0 spiro atoms. The first-order valence-corrected chi connectivity index (χ1v) is 4.35. The molecule has 1 fully saturated rings. The van der Waals surface area contributed by atoms with Gasteiger partial charge in [-0.2, -0.15) is 0 Å². The summed E-state index contributed by atoms with van der Waals surface area (Å²) in [5, 5.41) is 3.07. The summed E-state index contributed by atoms with van der Waals surface area (Å²) in [6.07, 6.45) is 0. The van der Waals surface area contributed by atoms with Crippen LogP contribution in [0.25, 0.3) is 0 Å². The van der Waals surface area contributed by atoms with Crippen molar-refractivity contribution in [2.75, 3.05) is 26.4 Å². The van der Waals surface area contributed by atoms with Crippen molar-refractivity contribution in [2.45, 2.75) is 19.9 Å². The number of carbonyl (C=O) groups is 1. The summed E-state index contributed by atoms with van der Waals surface area (Å²) in [6, 6.07) is -0.0216. The average Bonchev–Trinajstić information content (AvgIpc) is 2.36. The van der Waals surface area contributed by atoms with Gasteiger partial charge >= 0.3 is 0 Å². The van der Waals surface area contributed by atoms with Gasteiger partial charge in [-0.05, 0) is 13.8 Å². The maximum atomic E-state index is 11.3. The lowest BCUT2D eigenvalue weighted by molar-refractivity contribution is -0.129. The fraction of sp³-hybridized carbons (Fsp3) is 0.875. The molecule has 1 atom stereocenters. The molecule has 0 aromatic rings. The number of hydrogen-bond donors (Lipinski definition) is 1. The van der Waals surface area contributed by atoms with E-state index in [-0.39, 0.29) is 11.9 Å². The monoisotopic (exact) mass is 172 g/mol. The molecule has 4 nitrogen and oxygen atoms in total. The second kappa shape index (κ2) is 4.42. The fourth-order valence-corrected chi connectivity index (χ4v) is 1.19. The van der Waals surface area contributed by atoms with E-state index >= 15 is 0 Å². The molecule has 0 aliphatic carbocycles. The third kappa shape index (κ3) is 2.19. The van der Waals surface area contributed by atoms with Crippen molar-refractivity contribution >= 4 is 5.91 Å². The summed E-state index contributed by atoms with van der Waals surface area (Å²) in [5.74, 6) is 0.176. The molecule has 0 bridgehead atoms. The number of ether oxygens (including phenoxy) is 1. The van der Waals surface area contributed by atoms with Crippen LogP contribution in [-0.4, -0.2) is 43.3 Å². The Morgan fingerprint density at radius 2 is 2.50 bits per heavy atom. The van der Waals surface area contributed by atoms with E-state index in [1.807, 2.05) is 13.8 Å². The predicted molar refractivity (Wildman–Crippen MR) is 45.7 cm³/mol. The van der Waals surface area contributed by atoms with Crippen LogP contribution in [0.5, 0.6) is 0 Å². The van der Waals surface area contributed by atoms with Crippen LogP contribution in [0.2, 0.25) is 0 Å². The summed E-state index contributed by atoms with van der Waals surface area (Å²) < 4.78 is 5.16. The number of carbonyl (C=O) groups excluding carboxylic acids is 1. The highest BCUT2D eigenvalue weighted by atomic mass is 16.5. The number of nitrogens with zero attached hydrogens (tertiary/aromatic N) is 1. The number of amides is 1. The highest BCUT2D eigenvalue weighted by molar-refractivity contribution is 5.83. The summed E-state index contributed by atoms with van der Waals surface area (Å²) >= 11 is 0. The predicted octanol–water partition coefficient (Wildman–Crippen LogP) is -0.199. The Balaban J connectivity index is 2.20. The van der Waals surface area contributed by atoms with Crippen LogP contribution in [-0.2, 0) is 9.53 Å². The van der Waals surface area contributed by atoms with Crippen LogP contribution in [0, 0.1) is 0 Å². The van der Waals surface area contributed by atoms with Crippen LogP contribution in [0.3, 0.4) is 0 Å². The topological polar surface area (TPSA) is 41.6 Å². The van der Waals surface area contributed by atoms with Gasteiger partial charge in [-0.25, -0.2) is 0 Å². The molecular weight excluding hydrogens is 156 g/mol. The maximum Gasteiger partial charge on any atom is 0.240 e. The molecule has 4 heteroatoms. The molecule has 1 unspecified atom stereocenters. The molecule has 0 aromatic heterocycles. The zero-order valence-electron chi connectivity index (χ0n) is 7.67. The zero-order chi connectivity index (χ0) is 8.97. The Morgan fingerprint density at radius 1 is 1.75 bits per heavy atom. The third-order valence-electron chi connectivity index (χ3n) is 1.98. The Labute approximate surface area is 72.9 Å². The lowest BCUT2D eigenvalue weighted by atomic mass is 10.3. The maximum absolute atomic E-state index is 11.3. The zero-order valence-corrected chi connectivity index (χ0v) is 7.67. The minimum absolute atomic E-state index is 0.0216. The van der Waals surface area contributed by atoms with Crippen LogP contribution < -0.4 is 5.32 Å². The molecule has 1 amide bonds. The van der Waals surface area contributed by atoms with Gasteiger partial charge in [0.1, 0.15) is 0 Å². The minimum Gasteiger partial charge on any atom is -0.380 e. The van der Waals surface area contributed by atoms with Crippen molar-refractivity contribution in [2.24, 2.45) is 0 Å². The van der Waals surface area contributed by atoms with Crippen LogP contribution in [0.4, 0.5) is 0 Å². The molecular formula is C8H16N2O2. The SMILES string of the molecule is CCOCCN1CNC(C)C1=O. The van der Waals surface area contributed by atoms with Gasteiger partial charge in [0.15, 0.2) is 0 Å². The van der Waals surface area contributed by atoms with Gasteiger partial charge in [0.2, 0.25) is 5.91 Å². The number of hydrogen-bond acceptors (Lipinski definition) is 3. The van der Waals surface area contributed by atoms with Gasteiger partial charge in [-0.3, -0.25) is 10.1 Å². The van der Waals surface area contributed by atoms with Crippen molar-refractivity contribution in [3.05, 3.63) is 0 Å². The van der Waals surface area contributed by atoms with Crippen molar-refractivity contribution in [1.82, 2.24) is 10.2 Å². The second-order valence-electron chi connectivity index (χ2n) is 2.88. The molecule has 1 aliphatic rings. The number of nitrogens with one attached hydrogen (secondary N) is 1. The molecule has 0 aromatic carbocycles. The Kier molecular flexibility index (Phi) is 3.49. The van der Waals surface area contributed by atoms with Gasteiger partial charge < -0.3 is 9.64 Å². The summed E-state index contributed by atoms with van der Waals surface area (Å²) in [7, 11) is 0. The molecule has 1 saturated heterocycles.